The van der Waals surface area contributed by atoms with Crippen LogP contribution in [-0.2, 0) is 10.5 Å². The van der Waals surface area contributed by atoms with Crippen molar-refractivity contribution >= 4 is 35.0 Å². The molecule has 0 saturated carbocycles. The Hall–Kier alpha value is -2.38. The van der Waals surface area contributed by atoms with Gasteiger partial charge in [-0.2, -0.15) is 0 Å². The van der Waals surface area contributed by atoms with E-state index in [-0.39, 0.29) is 34.9 Å². The molecule has 5 nitrogen and oxygen atoms in total. The first kappa shape index (κ1) is 16.6. The van der Waals surface area contributed by atoms with E-state index in [0.29, 0.717) is 22.9 Å². The molecule has 2 aromatic carbocycles. The van der Waals surface area contributed by atoms with E-state index in [2.05, 4.69) is 0 Å². The standard InChI is InChI=1S/C20H13ClFNO4S/c21-17-5-4-10(28-17)8-23-12-2-1-3-13-18(12)20(22,19(23)24)11-6-15-16(26-9-25-15)7-14(11)27-13/h1-4,6-7,17H,5,8-9H2. The van der Waals surface area contributed by atoms with Gasteiger partial charge in [-0.3, -0.25) is 4.79 Å². The number of carbonyl (C=O) groups excluding carboxylic acids is 1. The van der Waals surface area contributed by atoms with Crippen molar-refractivity contribution in [3.63, 3.8) is 0 Å². The molecule has 0 radical (unpaired) electrons. The fourth-order valence-corrected chi connectivity index (χ4v) is 5.47. The summed E-state index contributed by atoms with van der Waals surface area (Å²) in [7, 11) is 0. The minimum atomic E-state index is -2.33. The number of ether oxygens (including phenoxy) is 3. The quantitative estimate of drug-likeness (QED) is 0.665. The van der Waals surface area contributed by atoms with Crippen LogP contribution in [0.4, 0.5) is 10.1 Å². The van der Waals surface area contributed by atoms with Crippen molar-refractivity contribution in [2.75, 3.05) is 18.2 Å². The van der Waals surface area contributed by atoms with Crippen LogP contribution in [0, 0.1) is 0 Å². The normalized spacial score (nSPS) is 26.1. The summed E-state index contributed by atoms with van der Waals surface area (Å²) < 4.78 is 33.2. The molecule has 4 heterocycles. The number of thioether (sulfide) groups is 1. The van der Waals surface area contributed by atoms with Gasteiger partial charge in [-0.05, 0) is 24.6 Å². The van der Waals surface area contributed by atoms with E-state index in [1.165, 1.54) is 22.7 Å². The summed E-state index contributed by atoms with van der Waals surface area (Å²) in [6.07, 6.45) is 2.73. The smallest absolute Gasteiger partial charge is 0.274 e. The molecule has 4 aliphatic rings. The molecule has 0 aliphatic carbocycles. The molecule has 142 valence electrons. The molecule has 2 unspecified atom stereocenters. The Kier molecular flexibility index (Phi) is 3.30. The van der Waals surface area contributed by atoms with E-state index >= 15 is 4.39 Å². The summed E-state index contributed by atoms with van der Waals surface area (Å²) in [6.45, 7) is 0.343. The minimum absolute atomic E-state index is 0.0480. The van der Waals surface area contributed by atoms with E-state index in [1.54, 1.807) is 24.3 Å². The van der Waals surface area contributed by atoms with Gasteiger partial charge in [0.25, 0.3) is 5.91 Å². The number of benzene rings is 2. The third kappa shape index (κ3) is 2.06. The second-order valence-corrected chi connectivity index (χ2v) is 9.05. The average molecular weight is 418 g/mol. The SMILES string of the molecule is O=C1N(CC2=CCC(Cl)S2)c2cccc3c2C1(F)c1cc2c(cc1O3)OCO2. The highest BCUT2D eigenvalue weighted by Crippen LogP contribution is 2.59. The molecule has 8 heteroatoms. The summed E-state index contributed by atoms with van der Waals surface area (Å²) in [5.74, 6) is 0.862. The minimum Gasteiger partial charge on any atom is -0.456 e. The first-order valence-corrected chi connectivity index (χ1v) is 10.1. The van der Waals surface area contributed by atoms with Crippen molar-refractivity contribution in [2.24, 2.45) is 0 Å². The molecule has 6 rings (SSSR count). The number of hydrogen-bond donors (Lipinski definition) is 0. The topological polar surface area (TPSA) is 48.0 Å². The molecule has 0 N–H and O–H groups in total. The van der Waals surface area contributed by atoms with Gasteiger partial charge in [0, 0.05) is 11.0 Å². The van der Waals surface area contributed by atoms with E-state index in [1.807, 2.05) is 6.08 Å². The zero-order valence-electron chi connectivity index (χ0n) is 14.4. The van der Waals surface area contributed by atoms with Crippen LogP contribution in [0.1, 0.15) is 17.5 Å². The second-order valence-electron chi connectivity index (χ2n) is 6.94. The summed E-state index contributed by atoms with van der Waals surface area (Å²) in [5.41, 5.74) is -1.41. The summed E-state index contributed by atoms with van der Waals surface area (Å²) in [6, 6.07) is 8.28. The molecule has 2 atom stereocenters. The zero-order valence-corrected chi connectivity index (χ0v) is 16.0. The lowest BCUT2D eigenvalue weighted by molar-refractivity contribution is -0.127. The second kappa shape index (κ2) is 5.58. The van der Waals surface area contributed by atoms with Crippen LogP contribution < -0.4 is 19.1 Å². The summed E-state index contributed by atoms with van der Waals surface area (Å²) in [4.78, 5) is 15.8. The Morgan fingerprint density at radius 1 is 1.21 bits per heavy atom. The van der Waals surface area contributed by atoms with Crippen LogP contribution in [-0.4, -0.2) is 24.0 Å². The highest BCUT2D eigenvalue weighted by atomic mass is 35.5. The molecule has 0 saturated heterocycles. The maximum absolute atomic E-state index is 16.6. The molecule has 0 fully saturated rings. The van der Waals surface area contributed by atoms with E-state index in [4.69, 9.17) is 25.8 Å². The Bertz CT molecular complexity index is 1090. The molecule has 0 bridgehead atoms. The molecular weight excluding hydrogens is 405 g/mol. The number of fused-ring (bicyclic) bond motifs is 3. The molecule has 28 heavy (non-hydrogen) atoms. The van der Waals surface area contributed by atoms with Gasteiger partial charge in [-0.15, -0.1) is 23.4 Å². The molecule has 4 aliphatic heterocycles. The third-order valence-corrected chi connectivity index (χ3v) is 6.86. The van der Waals surface area contributed by atoms with Gasteiger partial charge in [0.05, 0.1) is 28.1 Å². The fraction of sp³-hybridized carbons (Fsp3) is 0.250. The largest absolute Gasteiger partial charge is 0.456 e. The Morgan fingerprint density at radius 3 is 2.82 bits per heavy atom. The summed E-state index contributed by atoms with van der Waals surface area (Å²) >= 11 is 7.66. The number of hydrogen-bond acceptors (Lipinski definition) is 5. The lowest BCUT2D eigenvalue weighted by Gasteiger charge is -2.28. The number of allylic oxidation sites excluding steroid dienone is 1. The predicted molar refractivity (Wildman–Crippen MR) is 103 cm³/mol. The van der Waals surface area contributed by atoms with Crippen molar-refractivity contribution < 1.29 is 23.4 Å². The number of rotatable bonds is 2. The van der Waals surface area contributed by atoms with Crippen molar-refractivity contribution in [1.82, 2.24) is 0 Å². The maximum Gasteiger partial charge on any atom is 0.274 e. The predicted octanol–water partition coefficient (Wildman–Crippen LogP) is 4.67. The van der Waals surface area contributed by atoms with Crippen LogP contribution in [0.15, 0.2) is 41.3 Å². The van der Waals surface area contributed by atoms with Gasteiger partial charge >= 0.3 is 0 Å². The van der Waals surface area contributed by atoms with Gasteiger partial charge in [0.2, 0.25) is 12.5 Å². The Morgan fingerprint density at radius 2 is 2.04 bits per heavy atom. The fourth-order valence-electron chi connectivity index (χ4n) is 4.12. The van der Waals surface area contributed by atoms with Crippen molar-refractivity contribution in [1.29, 1.82) is 0 Å². The third-order valence-electron chi connectivity index (χ3n) is 5.37. The molecule has 1 amide bonds. The van der Waals surface area contributed by atoms with Gasteiger partial charge in [-0.25, -0.2) is 4.39 Å². The van der Waals surface area contributed by atoms with Crippen molar-refractivity contribution in [2.45, 2.75) is 16.8 Å². The first-order valence-electron chi connectivity index (χ1n) is 8.82. The number of amides is 1. The Balaban J connectivity index is 1.51. The van der Waals surface area contributed by atoms with Gasteiger partial charge in [0.1, 0.15) is 11.5 Å². The van der Waals surface area contributed by atoms with Gasteiger partial charge < -0.3 is 19.1 Å². The zero-order chi connectivity index (χ0) is 19.0. The highest BCUT2D eigenvalue weighted by Gasteiger charge is 2.58. The lowest BCUT2D eigenvalue weighted by atomic mass is 9.86. The lowest BCUT2D eigenvalue weighted by Crippen LogP contribution is -2.39. The molecule has 2 aromatic rings. The number of anilines is 1. The van der Waals surface area contributed by atoms with Crippen LogP contribution in [0.25, 0.3) is 0 Å². The number of halogens is 2. The average Bonchev–Trinajstić information content (AvgIpc) is 3.36. The van der Waals surface area contributed by atoms with Gasteiger partial charge in [-0.1, -0.05) is 12.1 Å². The monoisotopic (exact) mass is 417 g/mol. The van der Waals surface area contributed by atoms with Crippen molar-refractivity contribution in [3.05, 3.63) is 52.4 Å². The molecule has 0 spiro atoms. The number of carbonyl (C=O) groups is 1. The maximum atomic E-state index is 16.6. The van der Waals surface area contributed by atoms with E-state index < -0.39 is 11.6 Å². The van der Waals surface area contributed by atoms with E-state index in [9.17, 15) is 4.79 Å². The van der Waals surface area contributed by atoms with E-state index in [0.717, 1.165) is 11.3 Å². The van der Waals surface area contributed by atoms with Gasteiger partial charge in [0.15, 0.2) is 11.5 Å². The number of nitrogens with zero attached hydrogens (tertiary/aromatic N) is 1. The van der Waals surface area contributed by atoms with Crippen LogP contribution in [0.2, 0.25) is 0 Å². The van der Waals surface area contributed by atoms with Crippen molar-refractivity contribution in [3.8, 4) is 23.0 Å². The van der Waals surface area contributed by atoms with Crippen LogP contribution in [0.3, 0.4) is 0 Å². The van der Waals surface area contributed by atoms with Crippen LogP contribution >= 0.6 is 23.4 Å². The molecular formula is C20H13ClFNO4S. The number of alkyl halides is 2. The first-order chi connectivity index (χ1) is 13.6. The Labute approximate surface area is 169 Å². The van der Waals surface area contributed by atoms with Crippen LogP contribution in [0.5, 0.6) is 23.0 Å². The highest BCUT2D eigenvalue weighted by molar-refractivity contribution is 8.05. The summed E-state index contributed by atoms with van der Waals surface area (Å²) in [5, 5.41) is 0. The molecule has 0 aromatic heterocycles.